The first kappa shape index (κ1) is 14.0. The fraction of sp³-hybridized carbons (Fsp3) is 0.111. The second kappa shape index (κ2) is 5.78. The maximum Gasteiger partial charge on any atom is 0.130 e. The third kappa shape index (κ3) is 2.88. The fourth-order valence-electron chi connectivity index (χ4n) is 2.48. The van der Waals surface area contributed by atoms with Gasteiger partial charge in [-0.3, -0.25) is 0 Å². The van der Waals surface area contributed by atoms with E-state index in [9.17, 15) is 5.11 Å². The zero-order valence-electron chi connectivity index (χ0n) is 11.6. The minimum absolute atomic E-state index is 0.236. The highest BCUT2D eigenvalue weighted by atomic mass is 79.9. The maximum atomic E-state index is 9.80. The van der Waals surface area contributed by atoms with Crippen molar-refractivity contribution in [1.82, 2.24) is 0 Å². The number of phenols is 1. The Labute approximate surface area is 132 Å². The highest BCUT2D eigenvalue weighted by Crippen LogP contribution is 2.34. The van der Waals surface area contributed by atoms with E-state index in [0.29, 0.717) is 4.47 Å². The number of fused-ring (bicyclic) bond motifs is 1. The molecular formula is C18H15BrO2. The number of phenolic OH excluding ortho intramolecular Hbond substituents is 1. The van der Waals surface area contributed by atoms with Gasteiger partial charge in [-0.25, -0.2) is 0 Å². The molecule has 0 aliphatic heterocycles. The monoisotopic (exact) mass is 342 g/mol. The molecule has 0 aromatic heterocycles. The Hall–Kier alpha value is -2.00. The van der Waals surface area contributed by atoms with Gasteiger partial charge in [0.25, 0.3) is 0 Å². The molecule has 0 saturated heterocycles. The molecule has 0 spiro atoms. The van der Waals surface area contributed by atoms with Crippen molar-refractivity contribution in [3.63, 3.8) is 0 Å². The van der Waals surface area contributed by atoms with Gasteiger partial charge in [-0.05, 0) is 62.1 Å². The van der Waals surface area contributed by atoms with Crippen LogP contribution >= 0.6 is 15.9 Å². The van der Waals surface area contributed by atoms with Gasteiger partial charge in [0.1, 0.15) is 11.5 Å². The number of hydrogen-bond acceptors (Lipinski definition) is 2. The number of rotatable bonds is 3. The Morgan fingerprint density at radius 3 is 2.43 bits per heavy atom. The standard InChI is InChI=1S/C18H15BrO2/c1-21-18-11-14-10-17(20)16(19)9-13(14)8-15(18)7-12-5-3-2-4-6-12/h2-6,8-11,20H,7H2,1H3. The summed E-state index contributed by atoms with van der Waals surface area (Å²) in [6.45, 7) is 0. The molecule has 0 saturated carbocycles. The molecule has 0 fully saturated rings. The number of benzene rings is 3. The van der Waals surface area contributed by atoms with E-state index in [0.717, 1.165) is 28.5 Å². The van der Waals surface area contributed by atoms with Gasteiger partial charge in [-0.2, -0.15) is 0 Å². The zero-order chi connectivity index (χ0) is 14.8. The first-order valence-electron chi connectivity index (χ1n) is 6.70. The topological polar surface area (TPSA) is 29.5 Å². The highest BCUT2D eigenvalue weighted by molar-refractivity contribution is 9.10. The number of hydrogen-bond donors (Lipinski definition) is 1. The molecule has 0 radical (unpaired) electrons. The quantitative estimate of drug-likeness (QED) is 0.732. The average molecular weight is 343 g/mol. The van der Waals surface area contributed by atoms with E-state index in [1.807, 2.05) is 30.3 Å². The SMILES string of the molecule is COc1cc2cc(O)c(Br)cc2cc1Cc1ccccc1. The molecule has 1 N–H and O–H groups in total. The zero-order valence-corrected chi connectivity index (χ0v) is 13.2. The summed E-state index contributed by atoms with van der Waals surface area (Å²) in [6.07, 6.45) is 0.818. The van der Waals surface area contributed by atoms with Crippen molar-refractivity contribution in [3.8, 4) is 11.5 Å². The van der Waals surface area contributed by atoms with Gasteiger partial charge in [0, 0.05) is 6.42 Å². The summed E-state index contributed by atoms with van der Waals surface area (Å²) in [5.74, 6) is 1.08. The predicted molar refractivity (Wildman–Crippen MR) is 89.1 cm³/mol. The third-order valence-corrected chi connectivity index (χ3v) is 4.18. The van der Waals surface area contributed by atoms with Crippen molar-refractivity contribution in [3.05, 3.63) is 70.2 Å². The molecule has 0 atom stereocenters. The molecule has 21 heavy (non-hydrogen) atoms. The Balaban J connectivity index is 2.10. The van der Waals surface area contributed by atoms with Gasteiger partial charge in [0.2, 0.25) is 0 Å². The first-order chi connectivity index (χ1) is 10.2. The van der Waals surface area contributed by atoms with Crippen LogP contribution in [-0.4, -0.2) is 12.2 Å². The molecule has 3 rings (SSSR count). The van der Waals surface area contributed by atoms with Gasteiger partial charge in [-0.15, -0.1) is 0 Å². The van der Waals surface area contributed by atoms with E-state index in [-0.39, 0.29) is 5.75 Å². The number of halogens is 1. The summed E-state index contributed by atoms with van der Waals surface area (Å²) >= 11 is 3.36. The summed E-state index contributed by atoms with van der Waals surface area (Å²) in [6, 6.07) is 18.1. The summed E-state index contributed by atoms with van der Waals surface area (Å²) in [7, 11) is 1.67. The van der Waals surface area contributed by atoms with E-state index in [1.54, 1.807) is 13.2 Å². The molecule has 3 aromatic rings. The predicted octanol–water partition coefficient (Wildman–Crippen LogP) is 4.91. The fourth-order valence-corrected chi connectivity index (χ4v) is 2.84. The lowest BCUT2D eigenvalue weighted by atomic mass is 10.00. The first-order valence-corrected chi connectivity index (χ1v) is 7.50. The van der Waals surface area contributed by atoms with Crippen LogP contribution in [0.1, 0.15) is 11.1 Å². The normalized spacial score (nSPS) is 10.8. The minimum Gasteiger partial charge on any atom is -0.507 e. The molecule has 0 amide bonds. The Morgan fingerprint density at radius 1 is 1.00 bits per heavy atom. The lowest BCUT2D eigenvalue weighted by molar-refractivity contribution is 0.411. The van der Waals surface area contributed by atoms with Crippen LogP contribution < -0.4 is 4.74 Å². The van der Waals surface area contributed by atoms with Crippen LogP contribution in [0, 0.1) is 0 Å². The second-order valence-corrected chi connectivity index (χ2v) is 5.83. The molecule has 0 aliphatic rings. The molecule has 0 bridgehead atoms. The summed E-state index contributed by atoms with van der Waals surface area (Å²) in [5.41, 5.74) is 2.38. The number of ether oxygens (including phenoxy) is 1. The number of aromatic hydroxyl groups is 1. The van der Waals surface area contributed by atoms with Crippen molar-refractivity contribution in [2.75, 3.05) is 7.11 Å². The van der Waals surface area contributed by atoms with Crippen LogP contribution in [0.2, 0.25) is 0 Å². The molecule has 3 aromatic carbocycles. The van der Waals surface area contributed by atoms with Crippen molar-refractivity contribution in [1.29, 1.82) is 0 Å². The van der Waals surface area contributed by atoms with E-state index >= 15 is 0 Å². The van der Waals surface area contributed by atoms with Crippen LogP contribution in [0.25, 0.3) is 10.8 Å². The molecule has 106 valence electrons. The van der Waals surface area contributed by atoms with Gasteiger partial charge in [-0.1, -0.05) is 30.3 Å². The third-order valence-electron chi connectivity index (χ3n) is 3.54. The van der Waals surface area contributed by atoms with E-state index in [1.165, 1.54) is 5.56 Å². The van der Waals surface area contributed by atoms with E-state index < -0.39 is 0 Å². The van der Waals surface area contributed by atoms with E-state index in [4.69, 9.17) is 4.74 Å². The smallest absolute Gasteiger partial charge is 0.130 e. The lowest BCUT2D eigenvalue weighted by Gasteiger charge is -2.11. The van der Waals surface area contributed by atoms with Gasteiger partial charge < -0.3 is 9.84 Å². The summed E-state index contributed by atoms with van der Waals surface area (Å²) in [5, 5.41) is 11.8. The van der Waals surface area contributed by atoms with Crippen molar-refractivity contribution in [2.24, 2.45) is 0 Å². The maximum absolute atomic E-state index is 9.80. The summed E-state index contributed by atoms with van der Waals surface area (Å²) < 4.78 is 6.20. The van der Waals surface area contributed by atoms with Crippen molar-refractivity contribution in [2.45, 2.75) is 6.42 Å². The molecule has 2 nitrogen and oxygen atoms in total. The van der Waals surface area contributed by atoms with Crippen molar-refractivity contribution >= 4 is 26.7 Å². The van der Waals surface area contributed by atoms with Crippen LogP contribution in [-0.2, 0) is 6.42 Å². The minimum atomic E-state index is 0.236. The van der Waals surface area contributed by atoms with Crippen LogP contribution in [0.5, 0.6) is 11.5 Å². The average Bonchev–Trinajstić information content (AvgIpc) is 2.49. The highest BCUT2D eigenvalue weighted by Gasteiger charge is 2.09. The Morgan fingerprint density at radius 2 is 1.71 bits per heavy atom. The van der Waals surface area contributed by atoms with Gasteiger partial charge in [0.05, 0.1) is 11.6 Å². The molecule has 3 heteroatoms. The largest absolute Gasteiger partial charge is 0.507 e. The Kier molecular flexibility index (Phi) is 3.84. The van der Waals surface area contributed by atoms with E-state index in [2.05, 4.69) is 34.1 Å². The second-order valence-electron chi connectivity index (χ2n) is 4.98. The van der Waals surface area contributed by atoms with Crippen LogP contribution in [0.3, 0.4) is 0 Å². The molecule has 0 unspecified atom stereocenters. The Bertz CT molecular complexity index is 782. The number of methoxy groups -OCH3 is 1. The molecule has 0 heterocycles. The summed E-state index contributed by atoms with van der Waals surface area (Å²) in [4.78, 5) is 0. The van der Waals surface area contributed by atoms with Gasteiger partial charge >= 0.3 is 0 Å². The van der Waals surface area contributed by atoms with Crippen LogP contribution in [0.4, 0.5) is 0 Å². The lowest BCUT2D eigenvalue weighted by Crippen LogP contribution is -1.94. The molecular weight excluding hydrogens is 328 g/mol. The van der Waals surface area contributed by atoms with Crippen molar-refractivity contribution < 1.29 is 9.84 Å². The van der Waals surface area contributed by atoms with Gasteiger partial charge in [0.15, 0.2) is 0 Å². The molecule has 0 aliphatic carbocycles. The van der Waals surface area contributed by atoms with Crippen LogP contribution in [0.15, 0.2) is 59.1 Å².